The van der Waals surface area contributed by atoms with E-state index < -0.39 is 0 Å². The van der Waals surface area contributed by atoms with Crippen molar-refractivity contribution in [3.8, 4) is 5.75 Å². The molecule has 0 aliphatic carbocycles. The standard InChI is InChI=1S/C19H24N4O3/c1-3-17(24)14-4-6-15(7-5-14)26-13-18(25)23-11-8-20-12-16(23)19-21-9-10-22(19)2/h4-7,9-10,16,20H,3,8,11-13H2,1-2H3. The van der Waals surface area contributed by atoms with E-state index in [2.05, 4.69) is 10.3 Å². The first-order valence-electron chi connectivity index (χ1n) is 8.83. The minimum atomic E-state index is -0.107. The maximum atomic E-state index is 12.7. The van der Waals surface area contributed by atoms with Gasteiger partial charge in [-0.15, -0.1) is 0 Å². The second-order valence-electron chi connectivity index (χ2n) is 6.29. The molecule has 0 radical (unpaired) electrons. The van der Waals surface area contributed by atoms with Crippen LogP contribution in [0.3, 0.4) is 0 Å². The van der Waals surface area contributed by atoms with Gasteiger partial charge in [-0.25, -0.2) is 4.98 Å². The molecule has 0 saturated carbocycles. The summed E-state index contributed by atoms with van der Waals surface area (Å²) < 4.78 is 7.57. The number of rotatable bonds is 6. The Kier molecular flexibility index (Phi) is 5.68. The highest BCUT2D eigenvalue weighted by atomic mass is 16.5. The number of amides is 1. The SMILES string of the molecule is CCC(=O)c1ccc(OCC(=O)N2CCNCC2c2nccn2C)cc1. The lowest BCUT2D eigenvalue weighted by Gasteiger charge is -2.35. The van der Waals surface area contributed by atoms with Gasteiger partial charge in [-0.3, -0.25) is 9.59 Å². The molecule has 7 nitrogen and oxygen atoms in total. The topological polar surface area (TPSA) is 76.5 Å². The Morgan fingerprint density at radius 1 is 1.31 bits per heavy atom. The van der Waals surface area contributed by atoms with Crippen LogP contribution in [0.15, 0.2) is 36.7 Å². The van der Waals surface area contributed by atoms with E-state index in [9.17, 15) is 9.59 Å². The van der Waals surface area contributed by atoms with Crippen molar-refractivity contribution in [2.24, 2.45) is 7.05 Å². The van der Waals surface area contributed by atoms with Gasteiger partial charge in [-0.05, 0) is 24.3 Å². The van der Waals surface area contributed by atoms with Gasteiger partial charge in [0.2, 0.25) is 0 Å². The Balaban J connectivity index is 1.63. The Hall–Kier alpha value is -2.67. The van der Waals surface area contributed by atoms with Crippen molar-refractivity contribution in [2.45, 2.75) is 19.4 Å². The maximum absolute atomic E-state index is 12.7. The van der Waals surface area contributed by atoms with Crippen LogP contribution in [-0.4, -0.2) is 52.4 Å². The summed E-state index contributed by atoms with van der Waals surface area (Å²) in [6.45, 7) is 3.83. The van der Waals surface area contributed by atoms with Gasteiger partial charge in [0.25, 0.3) is 5.91 Å². The van der Waals surface area contributed by atoms with Crippen LogP contribution in [0.2, 0.25) is 0 Å². The number of imidazole rings is 1. The summed E-state index contributed by atoms with van der Waals surface area (Å²) >= 11 is 0. The molecule has 1 aromatic heterocycles. The van der Waals surface area contributed by atoms with Crippen molar-refractivity contribution < 1.29 is 14.3 Å². The molecule has 26 heavy (non-hydrogen) atoms. The third-order valence-corrected chi connectivity index (χ3v) is 4.58. The lowest BCUT2D eigenvalue weighted by Crippen LogP contribution is -2.50. The molecule has 0 spiro atoms. The number of ether oxygens (including phenoxy) is 1. The molecule has 2 heterocycles. The lowest BCUT2D eigenvalue weighted by atomic mass is 10.1. The smallest absolute Gasteiger partial charge is 0.261 e. The van der Waals surface area contributed by atoms with E-state index in [1.807, 2.05) is 29.6 Å². The van der Waals surface area contributed by atoms with Crippen molar-refractivity contribution >= 4 is 11.7 Å². The number of carbonyl (C=O) groups is 2. The zero-order valence-corrected chi connectivity index (χ0v) is 15.1. The van der Waals surface area contributed by atoms with Crippen LogP contribution in [0.25, 0.3) is 0 Å². The molecule has 0 bridgehead atoms. The number of nitrogens with zero attached hydrogens (tertiary/aromatic N) is 3. The molecule has 3 rings (SSSR count). The van der Waals surface area contributed by atoms with Gasteiger partial charge in [0, 0.05) is 51.1 Å². The van der Waals surface area contributed by atoms with Crippen LogP contribution in [0.4, 0.5) is 0 Å². The van der Waals surface area contributed by atoms with Gasteiger partial charge in [-0.2, -0.15) is 0 Å². The molecule has 1 saturated heterocycles. The number of ketones is 1. The summed E-state index contributed by atoms with van der Waals surface area (Å²) in [5.41, 5.74) is 0.656. The van der Waals surface area contributed by atoms with Crippen molar-refractivity contribution in [3.05, 3.63) is 48.0 Å². The molecule has 1 aromatic carbocycles. The number of hydrogen-bond donors (Lipinski definition) is 1. The van der Waals surface area contributed by atoms with Crippen LogP contribution in [-0.2, 0) is 11.8 Å². The highest BCUT2D eigenvalue weighted by molar-refractivity contribution is 5.95. The molecular weight excluding hydrogens is 332 g/mol. The fraction of sp³-hybridized carbons (Fsp3) is 0.421. The van der Waals surface area contributed by atoms with Crippen molar-refractivity contribution in [3.63, 3.8) is 0 Å². The number of piperazine rings is 1. The number of carbonyl (C=O) groups excluding carboxylic acids is 2. The molecule has 7 heteroatoms. The number of nitrogens with one attached hydrogen (secondary N) is 1. The normalized spacial score (nSPS) is 17.2. The number of hydrogen-bond acceptors (Lipinski definition) is 5. The van der Waals surface area contributed by atoms with Gasteiger partial charge in [0.1, 0.15) is 17.6 Å². The van der Waals surface area contributed by atoms with E-state index in [4.69, 9.17) is 4.74 Å². The van der Waals surface area contributed by atoms with Gasteiger partial charge < -0.3 is 19.5 Å². The Morgan fingerprint density at radius 3 is 2.73 bits per heavy atom. The Morgan fingerprint density at radius 2 is 2.08 bits per heavy atom. The van der Waals surface area contributed by atoms with Gasteiger partial charge >= 0.3 is 0 Å². The van der Waals surface area contributed by atoms with E-state index >= 15 is 0 Å². The van der Waals surface area contributed by atoms with Crippen LogP contribution in [0.1, 0.15) is 35.6 Å². The summed E-state index contributed by atoms with van der Waals surface area (Å²) in [4.78, 5) is 30.5. The highest BCUT2D eigenvalue weighted by Crippen LogP contribution is 2.21. The predicted octanol–water partition coefficient (Wildman–Crippen LogP) is 1.56. The highest BCUT2D eigenvalue weighted by Gasteiger charge is 2.30. The average Bonchev–Trinajstić information content (AvgIpc) is 3.11. The van der Waals surface area contributed by atoms with Crippen molar-refractivity contribution in [1.82, 2.24) is 19.8 Å². The summed E-state index contributed by atoms with van der Waals surface area (Å²) in [6.07, 6.45) is 4.08. The van der Waals surface area contributed by atoms with E-state index in [1.54, 1.807) is 30.5 Å². The molecule has 1 aliphatic heterocycles. The molecule has 1 aliphatic rings. The van der Waals surface area contributed by atoms with Crippen LogP contribution in [0.5, 0.6) is 5.75 Å². The van der Waals surface area contributed by atoms with E-state index in [0.717, 1.165) is 12.4 Å². The summed E-state index contributed by atoms with van der Waals surface area (Å²) in [5.74, 6) is 1.45. The first-order chi connectivity index (χ1) is 12.6. The predicted molar refractivity (Wildman–Crippen MR) is 97.1 cm³/mol. The van der Waals surface area contributed by atoms with Gasteiger partial charge in [-0.1, -0.05) is 6.92 Å². The number of benzene rings is 1. The number of Topliss-reactive ketones (excluding diaryl/α,β-unsaturated/α-hetero) is 1. The van der Waals surface area contributed by atoms with Crippen molar-refractivity contribution in [1.29, 1.82) is 0 Å². The average molecular weight is 356 g/mol. The molecule has 1 fully saturated rings. The lowest BCUT2D eigenvalue weighted by molar-refractivity contribution is -0.137. The molecule has 138 valence electrons. The Labute approximate surface area is 153 Å². The minimum absolute atomic E-state index is 0.0397. The van der Waals surface area contributed by atoms with E-state index in [0.29, 0.717) is 30.8 Å². The first-order valence-corrected chi connectivity index (χ1v) is 8.83. The summed E-state index contributed by atoms with van der Waals surface area (Å²) in [5, 5.41) is 3.31. The first kappa shape index (κ1) is 18.1. The Bertz CT molecular complexity index is 769. The molecule has 2 aromatic rings. The van der Waals surface area contributed by atoms with Gasteiger partial charge in [0.05, 0.1) is 0 Å². The fourth-order valence-electron chi connectivity index (χ4n) is 3.10. The van der Waals surface area contributed by atoms with E-state index in [-0.39, 0.29) is 24.3 Å². The minimum Gasteiger partial charge on any atom is -0.484 e. The molecule has 1 unspecified atom stereocenters. The molecule has 1 amide bonds. The summed E-state index contributed by atoms with van der Waals surface area (Å²) in [6, 6.07) is 6.80. The molecule has 1 N–H and O–H groups in total. The quantitative estimate of drug-likeness (QED) is 0.795. The second kappa shape index (κ2) is 8.14. The van der Waals surface area contributed by atoms with Crippen LogP contribution in [0, 0.1) is 0 Å². The third-order valence-electron chi connectivity index (χ3n) is 4.58. The zero-order valence-electron chi connectivity index (χ0n) is 15.1. The monoisotopic (exact) mass is 356 g/mol. The molecular formula is C19H24N4O3. The van der Waals surface area contributed by atoms with Crippen LogP contribution >= 0.6 is 0 Å². The van der Waals surface area contributed by atoms with Crippen molar-refractivity contribution in [2.75, 3.05) is 26.2 Å². The zero-order chi connectivity index (χ0) is 18.5. The molecule has 1 atom stereocenters. The fourth-order valence-corrected chi connectivity index (χ4v) is 3.10. The second-order valence-corrected chi connectivity index (χ2v) is 6.29. The van der Waals surface area contributed by atoms with Gasteiger partial charge in [0.15, 0.2) is 12.4 Å². The number of aryl methyl sites for hydroxylation is 1. The summed E-state index contributed by atoms with van der Waals surface area (Å²) in [7, 11) is 1.93. The number of aromatic nitrogens is 2. The maximum Gasteiger partial charge on any atom is 0.261 e. The third kappa shape index (κ3) is 3.94. The van der Waals surface area contributed by atoms with Crippen LogP contribution < -0.4 is 10.1 Å². The largest absolute Gasteiger partial charge is 0.484 e. The van der Waals surface area contributed by atoms with E-state index in [1.165, 1.54) is 0 Å².